The first-order valence-corrected chi connectivity index (χ1v) is 8.33. The third kappa shape index (κ3) is 4.83. The van der Waals surface area contributed by atoms with Crippen LogP contribution in [0, 0.1) is 6.92 Å². The van der Waals surface area contributed by atoms with Gasteiger partial charge in [0.05, 0.1) is 12.8 Å². The summed E-state index contributed by atoms with van der Waals surface area (Å²) in [5.41, 5.74) is 1.50. The highest BCUT2D eigenvalue weighted by atomic mass is 32.2. The van der Waals surface area contributed by atoms with E-state index in [9.17, 15) is 8.42 Å². The molecule has 0 aliphatic rings. The number of nitrogens with one attached hydrogen (secondary N) is 2. The quantitative estimate of drug-likeness (QED) is 0.841. The Bertz CT molecular complexity index is 712. The van der Waals surface area contributed by atoms with E-state index in [4.69, 9.17) is 4.52 Å². The molecule has 1 atom stereocenters. The summed E-state index contributed by atoms with van der Waals surface area (Å²) in [5, 5.41) is 7.06. The van der Waals surface area contributed by atoms with Gasteiger partial charge in [-0.2, -0.15) is 4.98 Å². The summed E-state index contributed by atoms with van der Waals surface area (Å²) < 4.78 is 29.8. The van der Waals surface area contributed by atoms with E-state index in [0.29, 0.717) is 23.9 Å². The molecule has 1 heterocycles. The minimum atomic E-state index is -3.27. The molecule has 0 radical (unpaired) electrons. The molecule has 0 bridgehead atoms. The largest absolute Gasteiger partial charge is 0.340 e. The maximum atomic E-state index is 11.2. The Balaban J connectivity index is 2.01. The summed E-state index contributed by atoms with van der Waals surface area (Å²) in [6, 6.07) is 7.25. The second kappa shape index (κ2) is 6.23. The third-order valence-corrected chi connectivity index (χ3v) is 3.43. The Morgan fingerprint density at radius 3 is 2.76 bits per heavy atom. The smallest absolute Gasteiger partial charge is 0.229 e. The third-order valence-electron chi connectivity index (χ3n) is 2.83. The monoisotopic (exact) mass is 310 g/mol. The molecule has 0 saturated carbocycles. The first kappa shape index (κ1) is 15.5. The molecule has 0 spiro atoms. The van der Waals surface area contributed by atoms with Crippen molar-refractivity contribution in [1.29, 1.82) is 0 Å². The van der Waals surface area contributed by atoms with E-state index in [2.05, 4.69) is 20.2 Å². The summed E-state index contributed by atoms with van der Waals surface area (Å²) in [6.45, 7) is 4.19. The molecule has 8 heteroatoms. The zero-order valence-corrected chi connectivity index (χ0v) is 12.9. The second-order valence-electron chi connectivity index (χ2n) is 4.83. The number of benzene rings is 1. The van der Waals surface area contributed by atoms with Crippen molar-refractivity contribution in [2.75, 3.05) is 11.0 Å². The number of sulfonamides is 1. The minimum absolute atomic E-state index is 0.0186. The zero-order valence-electron chi connectivity index (χ0n) is 12.1. The van der Waals surface area contributed by atoms with Gasteiger partial charge < -0.3 is 9.84 Å². The summed E-state index contributed by atoms with van der Waals surface area (Å²) in [7, 11) is -3.27. The highest BCUT2D eigenvalue weighted by Crippen LogP contribution is 2.18. The summed E-state index contributed by atoms with van der Waals surface area (Å²) >= 11 is 0. The normalized spacial score (nSPS) is 13.1. The van der Waals surface area contributed by atoms with E-state index in [1.54, 1.807) is 25.1 Å². The molecule has 0 saturated heterocycles. The molecule has 21 heavy (non-hydrogen) atoms. The van der Waals surface area contributed by atoms with Crippen molar-refractivity contribution in [1.82, 2.24) is 15.5 Å². The molecule has 0 fully saturated rings. The van der Waals surface area contributed by atoms with Gasteiger partial charge in [0.25, 0.3) is 0 Å². The van der Waals surface area contributed by atoms with Crippen molar-refractivity contribution in [2.24, 2.45) is 0 Å². The van der Waals surface area contributed by atoms with Crippen molar-refractivity contribution in [2.45, 2.75) is 26.4 Å². The van der Waals surface area contributed by atoms with Gasteiger partial charge in [-0.05, 0) is 24.6 Å². The molecule has 0 aliphatic heterocycles. The van der Waals surface area contributed by atoms with Gasteiger partial charge in [-0.3, -0.25) is 4.72 Å². The van der Waals surface area contributed by atoms with Gasteiger partial charge >= 0.3 is 0 Å². The van der Waals surface area contributed by atoms with Crippen LogP contribution in [-0.4, -0.2) is 24.8 Å². The van der Waals surface area contributed by atoms with Crippen molar-refractivity contribution in [3.8, 4) is 0 Å². The lowest BCUT2D eigenvalue weighted by Crippen LogP contribution is -2.19. The Morgan fingerprint density at radius 2 is 2.14 bits per heavy atom. The number of anilines is 1. The van der Waals surface area contributed by atoms with E-state index in [0.717, 1.165) is 11.8 Å². The molecule has 2 N–H and O–H groups in total. The van der Waals surface area contributed by atoms with Crippen LogP contribution < -0.4 is 10.0 Å². The van der Waals surface area contributed by atoms with Crippen LogP contribution >= 0.6 is 0 Å². The molecule has 2 aromatic rings. The predicted molar refractivity (Wildman–Crippen MR) is 79.2 cm³/mol. The van der Waals surface area contributed by atoms with E-state index in [1.165, 1.54) is 0 Å². The molecule has 0 amide bonds. The number of hydrogen-bond acceptors (Lipinski definition) is 6. The van der Waals surface area contributed by atoms with E-state index < -0.39 is 10.0 Å². The predicted octanol–water partition coefficient (Wildman–Crippen LogP) is 1.60. The lowest BCUT2D eigenvalue weighted by atomic mass is 10.1. The van der Waals surface area contributed by atoms with Crippen molar-refractivity contribution < 1.29 is 12.9 Å². The van der Waals surface area contributed by atoms with E-state index in [-0.39, 0.29) is 6.04 Å². The van der Waals surface area contributed by atoms with Gasteiger partial charge in [-0.1, -0.05) is 17.3 Å². The maximum absolute atomic E-state index is 11.2. The Kier molecular flexibility index (Phi) is 4.59. The lowest BCUT2D eigenvalue weighted by molar-refractivity contribution is 0.384. The maximum Gasteiger partial charge on any atom is 0.229 e. The Labute approximate surface area is 123 Å². The van der Waals surface area contributed by atoms with Gasteiger partial charge in [0.2, 0.25) is 15.9 Å². The van der Waals surface area contributed by atoms with Gasteiger partial charge in [-0.25, -0.2) is 8.42 Å². The van der Waals surface area contributed by atoms with Gasteiger partial charge in [0.1, 0.15) is 0 Å². The molecule has 0 aliphatic carbocycles. The van der Waals surface area contributed by atoms with Crippen LogP contribution in [0.3, 0.4) is 0 Å². The molecule has 0 unspecified atom stereocenters. The van der Waals surface area contributed by atoms with Crippen LogP contribution in [0.1, 0.15) is 30.2 Å². The first-order chi connectivity index (χ1) is 9.83. The molecule has 1 aromatic carbocycles. The van der Waals surface area contributed by atoms with Crippen LogP contribution in [0.25, 0.3) is 0 Å². The SMILES string of the molecule is Cc1nc(CN[C@@H](C)c2cccc(NS(C)(=O)=O)c2)no1. The molecule has 7 nitrogen and oxygen atoms in total. The van der Waals surface area contributed by atoms with E-state index >= 15 is 0 Å². The molecular weight excluding hydrogens is 292 g/mol. The second-order valence-corrected chi connectivity index (χ2v) is 6.58. The van der Waals surface area contributed by atoms with Gasteiger partial charge in [0, 0.05) is 18.7 Å². The van der Waals surface area contributed by atoms with Crippen molar-refractivity contribution >= 4 is 15.7 Å². The minimum Gasteiger partial charge on any atom is -0.340 e. The summed E-state index contributed by atoms with van der Waals surface area (Å²) in [6.07, 6.45) is 1.12. The fourth-order valence-electron chi connectivity index (χ4n) is 1.86. The number of aryl methyl sites for hydroxylation is 1. The number of rotatable bonds is 6. The van der Waals surface area contributed by atoms with Gasteiger partial charge in [-0.15, -0.1) is 0 Å². The highest BCUT2D eigenvalue weighted by Gasteiger charge is 2.09. The number of hydrogen-bond donors (Lipinski definition) is 2. The fourth-order valence-corrected chi connectivity index (χ4v) is 2.42. The fraction of sp³-hybridized carbons (Fsp3) is 0.385. The molecular formula is C13H18N4O3S. The Morgan fingerprint density at radius 1 is 1.38 bits per heavy atom. The highest BCUT2D eigenvalue weighted by molar-refractivity contribution is 7.92. The number of nitrogens with zero attached hydrogens (tertiary/aromatic N) is 2. The van der Waals surface area contributed by atoms with Crippen molar-refractivity contribution in [3.63, 3.8) is 0 Å². The average molecular weight is 310 g/mol. The van der Waals surface area contributed by atoms with Crippen LogP contribution in [0.2, 0.25) is 0 Å². The van der Waals surface area contributed by atoms with Gasteiger partial charge in [0.15, 0.2) is 5.82 Å². The zero-order chi connectivity index (χ0) is 15.5. The molecule has 1 aromatic heterocycles. The molecule has 2 rings (SSSR count). The average Bonchev–Trinajstić information content (AvgIpc) is 2.80. The standard InChI is InChI=1S/C13H18N4O3S/c1-9(14-8-13-15-10(2)20-16-13)11-5-4-6-12(7-11)17-21(3,18)19/h4-7,9,14,17H,8H2,1-3H3/t9-/m0/s1. The first-order valence-electron chi connectivity index (χ1n) is 6.44. The molecule has 114 valence electrons. The van der Waals surface area contributed by atoms with E-state index in [1.807, 2.05) is 13.0 Å². The van der Waals surface area contributed by atoms with Crippen molar-refractivity contribution in [3.05, 3.63) is 41.5 Å². The van der Waals surface area contributed by atoms with Crippen LogP contribution in [0.4, 0.5) is 5.69 Å². The number of aromatic nitrogens is 2. The summed E-state index contributed by atoms with van der Waals surface area (Å²) in [4.78, 5) is 4.11. The summed E-state index contributed by atoms with van der Waals surface area (Å²) in [5.74, 6) is 1.11. The van der Waals surface area contributed by atoms with Crippen LogP contribution in [-0.2, 0) is 16.6 Å². The lowest BCUT2D eigenvalue weighted by Gasteiger charge is -2.14. The Hall–Kier alpha value is -1.93. The van der Waals surface area contributed by atoms with Crippen LogP contribution in [0.5, 0.6) is 0 Å². The topological polar surface area (TPSA) is 97.1 Å². The van der Waals surface area contributed by atoms with Crippen LogP contribution in [0.15, 0.2) is 28.8 Å².